The third-order valence-electron chi connectivity index (χ3n) is 3.17. The van der Waals surface area contributed by atoms with E-state index in [1.807, 2.05) is 36.7 Å². The average molecular weight is 283 g/mol. The van der Waals surface area contributed by atoms with E-state index in [1.165, 1.54) is 30.3 Å². The zero-order valence-corrected chi connectivity index (χ0v) is 11.7. The number of carbonyl (C=O) groups excluding carboxylic acids is 1. The molecule has 0 bridgehead atoms. The van der Waals surface area contributed by atoms with Gasteiger partial charge in [-0.1, -0.05) is 0 Å². The van der Waals surface area contributed by atoms with Crippen LogP contribution in [0.15, 0.2) is 42.0 Å². The fourth-order valence-electron chi connectivity index (χ4n) is 1.81. The molecule has 4 nitrogen and oxygen atoms in total. The monoisotopic (exact) mass is 283 g/mol. The largest absolute Gasteiger partial charge is 0.348 e. The maximum absolute atomic E-state index is 12.8. The lowest BCUT2D eigenvalue weighted by atomic mass is 10.2. The molecule has 1 N–H and O–H groups in total. The van der Waals surface area contributed by atoms with Crippen LogP contribution in [-0.2, 0) is 11.8 Å². The zero-order chi connectivity index (χ0) is 15.4. The second-order valence-electron chi connectivity index (χ2n) is 4.59. The van der Waals surface area contributed by atoms with Gasteiger partial charge >= 0.3 is 0 Å². The number of carbonyl (C=O) groups is 1. The Bertz CT molecular complexity index is 736. The van der Waals surface area contributed by atoms with Gasteiger partial charge in [-0.15, -0.1) is 0 Å². The van der Waals surface area contributed by atoms with Gasteiger partial charge in [-0.05, 0) is 49.4 Å². The summed E-state index contributed by atoms with van der Waals surface area (Å²) in [5.74, 6) is -0.911. The lowest BCUT2D eigenvalue weighted by molar-refractivity contribution is -0.112. The minimum atomic E-state index is -0.525. The first-order valence-electron chi connectivity index (χ1n) is 6.32. The zero-order valence-electron chi connectivity index (χ0n) is 11.7. The van der Waals surface area contributed by atoms with Gasteiger partial charge in [-0.3, -0.25) is 4.79 Å². The normalized spacial score (nSPS) is 11.0. The standard InChI is InChI=1S/C16H14FN3O/c1-11-3-8-15(20(11)2)9-12(10-18)16(21)19-14-6-4-13(17)5-7-14/h3-9H,1-2H3,(H,19,21)/b12-9-. The molecule has 0 saturated heterocycles. The summed E-state index contributed by atoms with van der Waals surface area (Å²) in [6, 6.07) is 11.0. The van der Waals surface area contributed by atoms with Crippen molar-refractivity contribution in [2.24, 2.45) is 7.05 Å². The van der Waals surface area contributed by atoms with Crippen molar-refractivity contribution in [1.29, 1.82) is 5.26 Å². The number of nitriles is 1. The summed E-state index contributed by atoms with van der Waals surface area (Å²) >= 11 is 0. The van der Waals surface area contributed by atoms with E-state index in [1.54, 1.807) is 0 Å². The summed E-state index contributed by atoms with van der Waals surface area (Å²) in [6.45, 7) is 1.93. The fourth-order valence-corrected chi connectivity index (χ4v) is 1.81. The van der Waals surface area contributed by atoms with Crippen LogP contribution in [0.3, 0.4) is 0 Å². The van der Waals surface area contributed by atoms with Crippen LogP contribution in [0, 0.1) is 24.1 Å². The molecule has 21 heavy (non-hydrogen) atoms. The minimum absolute atomic E-state index is 0.0134. The van der Waals surface area contributed by atoms with Crippen molar-refractivity contribution in [3.63, 3.8) is 0 Å². The highest BCUT2D eigenvalue weighted by atomic mass is 19.1. The van der Waals surface area contributed by atoms with Crippen molar-refractivity contribution >= 4 is 17.7 Å². The Kier molecular flexibility index (Phi) is 4.19. The second-order valence-corrected chi connectivity index (χ2v) is 4.59. The van der Waals surface area contributed by atoms with E-state index < -0.39 is 5.91 Å². The van der Waals surface area contributed by atoms with Crippen molar-refractivity contribution < 1.29 is 9.18 Å². The lowest BCUT2D eigenvalue weighted by Gasteiger charge is -2.05. The predicted molar refractivity (Wildman–Crippen MR) is 78.8 cm³/mol. The number of halogens is 1. The molecule has 0 aliphatic rings. The molecule has 2 rings (SSSR count). The van der Waals surface area contributed by atoms with Crippen molar-refractivity contribution in [2.45, 2.75) is 6.92 Å². The van der Waals surface area contributed by atoms with Crippen LogP contribution in [0.25, 0.3) is 6.08 Å². The molecule has 0 radical (unpaired) electrons. The molecule has 0 saturated carbocycles. The van der Waals surface area contributed by atoms with Crippen molar-refractivity contribution in [2.75, 3.05) is 5.32 Å². The number of rotatable bonds is 3. The Balaban J connectivity index is 2.21. The first-order valence-corrected chi connectivity index (χ1v) is 6.32. The Morgan fingerprint density at radius 1 is 1.29 bits per heavy atom. The molecule has 0 aliphatic heterocycles. The Labute approximate surface area is 122 Å². The molecule has 106 valence electrons. The number of aryl methyl sites for hydroxylation is 1. The SMILES string of the molecule is Cc1ccc(/C=C(/C#N)C(=O)Nc2ccc(F)cc2)n1C. The third-order valence-corrected chi connectivity index (χ3v) is 3.17. The van der Waals surface area contributed by atoms with Crippen LogP contribution in [0.4, 0.5) is 10.1 Å². The molecule has 1 amide bonds. The molecular formula is C16H14FN3O. The van der Waals surface area contributed by atoms with Crippen LogP contribution in [0.5, 0.6) is 0 Å². The van der Waals surface area contributed by atoms with Gasteiger partial charge < -0.3 is 9.88 Å². The van der Waals surface area contributed by atoms with E-state index in [0.29, 0.717) is 5.69 Å². The highest BCUT2D eigenvalue weighted by molar-refractivity contribution is 6.09. The van der Waals surface area contributed by atoms with E-state index in [4.69, 9.17) is 5.26 Å². The van der Waals surface area contributed by atoms with Crippen LogP contribution in [0.2, 0.25) is 0 Å². The van der Waals surface area contributed by atoms with Gasteiger partial charge in [0.05, 0.1) is 0 Å². The molecule has 1 aromatic heterocycles. The Hall–Kier alpha value is -2.87. The number of benzene rings is 1. The molecule has 2 aromatic rings. The Morgan fingerprint density at radius 2 is 1.95 bits per heavy atom. The van der Waals surface area contributed by atoms with Gasteiger partial charge in [-0.2, -0.15) is 5.26 Å². The lowest BCUT2D eigenvalue weighted by Crippen LogP contribution is -2.13. The summed E-state index contributed by atoms with van der Waals surface area (Å²) in [5, 5.41) is 11.7. The van der Waals surface area contributed by atoms with Crippen LogP contribution < -0.4 is 5.32 Å². The van der Waals surface area contributed by atoms with E-state index in [-0.39, 0.29) is 11.4 Å². The first kappa shape index (κ1) is 14.5. The number of hydrogen-bond donors (Lipinski definition) is 1. The van der Waals surface area contributed by atoms with Gasteiger partial charge in [-0.25, -0.2) is 4.39 Å². The summed E-state index contributed by atoms with van der Waals surface area (Å²) in [6.07, 6.45) is 1.52. The van der Waals surface area contributed by atoms with E-state index >= 15 is 0 Å². The first-order chi connectivity index (χ1) is 10.0. The highest BCUT2D eigenvalue weighted by Gasteiger charge is 2.10. The van der Waals surface area contributed by atoms with Crippen molar-refractivity contribution in [3.05, 3.63) is 59.2 Å². The van der Waals surface area contributed by atoms with Crippen LogP contribution in [-0.4, -0.2) is 10.5 Å². The fraction of sp³-hybridized carbons (Fsp3) is 0.125. The van der Waals surface area contributed by atoms with Crippen molar-refractivity contribution in [3.8, 4) is 6.07 Å². The number of aromatic nitrogens is 1. The maximum atomic E-state index is 12.8. The Morgan fingerprint density at radius 3 is 2.48 bits per heavy atom. The molecular weight excluding hydrogens is 269 g/mol. The van der Waals surface area contributed by atoms with E-state index in [9.17, 15) is 9.18 Å². The number of anilines is 1. The molecule has 0 spiro atoms. The van der Waals surface area contributed by atoms with Crippen LogP contribution in [0.1, 0.15) is 11.4 Å². The number of amides is 1. The highest BCUT2D eigenvalue weighted by Crippen LogP contribution is 2.13. The number of hydrogen-bond acceptors (Lipinski definition) is 2. The molecule has 5 heteroatoms. The molecule has 1 aromatic carbocycles. The molecule has 0 atom stereocenters. The van der Waals surface area contributed by atoms with Gasteiger partial charge in [0.2, 0.25) is 0 Å². The summed E-state index contributed by atoms with van der Waals surface area (Å²) < 4.78 is 14.7. The van der Waals surface area contributed by atoms with Gasteiger partial charge in [0.1, 0.15) is 17.5 Å². The number of nitrogens with one attached hydrogen (secondary N) is 1. The smallest absolute Gasteiger partial charge is 0.266 e. The predicted octanol–water partition coefficient (Wildman–Crippen LogP) is 3.02. The summed E-state index contributed by atoms with van der Waals surface area (Å²) in [5.41, 5.74) is 2.21. The molecule has 0 unspecified atom stereocenters. The average Bonchev–Trinajstić information content (AvgIpc) is 2.78. The third kappa shape index (κ3) is 3.37. The van der Waals surface area contributed by atoms with E-state index in [2.05, 4.69) is 5.32 Å². The summed E-state index contributed by atoms with van der Waals surface area (Å²) in [7, 11) is 1.86. The van der Waals surface area contributed by atoms with Crippen molar-refractivity contribution in [1.82, 2.24) is 4.57 Å². The van der Waals surface area contributed by atoms with Gasteiger partial charge in [0.15, 0.2) is 0 Å². The van der Waals surface area contributed by atoms with Gasteiger partial charge in [0, 0.05) is 24.1 Å². The molecule has 0 aliphatic carbocycles. The number of nitrogens with zero attached hydrogens (tertiary/aromatic N) is 2. The van der Waals surface area contributed by atoms with Gasteiger partial charge in [0.25, 0.3) is 5.91 Å². The maximum Gasteiger partial charge on any atom is 0.266 e. The molecule has 0 fully saturated rings. The topological polar surface area (TPSA) is 57.8 Å². The second kappa shape index (κ2) is 6.06. The summed E-state index contributed by atoms with van der Waals surface area (Å²) in [4.78, 5) is 12.0. The molecule has 1 heterocycles. The van der Waals surface area contributed by atoms with E-state index in [0.717, 1.165) is 11.4 Å². The minimum Gasteiger partial charge on any atom is -0.348 e. The van der Waals surface area contributed by atoms with Crippen LogP contribution >= 0.6 is 0 Å². The quantitative estimate of drug-likeness (QED) is 0.695.